The fraction of sp³-hybridized carbons (Fsp3) is 0.550. The molecule has 0 spiro atoms. The predicted molar refractivity (Wildman–Crippen MR) is 107 cm³/mol. The van der Waals surface area contributed by atoms with E-state index >= 15 is 0 Å². The van der Waals surface area contributed by atoms with E-state index < -0.39 is 0 Å². The van der Waals surface area contributed by atoms with Gasteiger partial charge in [0.25, 0.3) is 5.56 Å². The fourth-order valence-electron chi connectivity index (χ4n) is 3.48. The minimum absolute atomic E-state index is 0.0342. The number of nitrogens with one attached hydrogen (secondary N) is 1. The van der Waals surface area contributed by atoms with Gasteiger partial charge in [-0.1, -0.05) is 0 Å². The summed E-state index contributed by atoms with van der Waals surface area (Å²) < 4.78 is 12.0. The average Bonchev–Trinajstić information content (AvgIpc) is 3.54. The van der Waals surface area contributed by atoms with Gasteiger partial charge in [-0.25, -0.2) is 4.98 Å². The van der Waals surface area contributed by atoms with Crippen molar-refractivity contribution in [3.63, 3.8) is 0 Å². The van der Waals surface area contributed by atoms with Crippen molar-refractivity contribution in [1.29, 1.82) is 0 Å². The molecular formula is C20H28N4O4. The molecule has 1 atom stereocenters. The van der Waals surface area contributed by atoms with Gasteiger partial charge in [-0.05, 0) is 38.2 Å². The van der Waals surface area contributed by atoms with Crippen LogP contribution >= 0.6 is 0 Å². The Morgan fingerprint density at radius 3 is 2.61 bits per heavy atom. The highest BCUT2D eigenvalue weighted by Gasteiger charge is 2.41. The predicted octanol–water partition coefficient (Wildman–Crippen LogP) is 1.44. The average molecular weight is 388 g/mol. The molecule has 28 heavy (non-hydrogen) atoms. The van der Waals surface area contributed by atoms with Crippen molar-refractivity contribution < 1.29 is 14.3 Å². The lowest BCUT2D eigenvalue weighted by Gasteiger charge is -2.29. The Morgan fingerprint density at radius 1 is 1.32 bits per heavy atom. The van der Waals surface area contributed by atoms with E-state index in [-0.39, 0.29) is 17.0 Å². The standard InChI is InChI=1S/C20H28N4O4/c1-20(11-21,13-6-7-13)23-18(25)5-4-8-24-12-22-15-10-17(28-3)16(27-2)9-14(15)19(24)26/h9-10,12-13H,4-8,11,21H2,1-3H3,(H,23,25). The van der Waals surface area contributed by atoms with Crippen LogP contribution in [0.15, 0.2) is 23.3 Å². The number of carbonyl (C=O) groups excluding carboxylic acids is 1. The summed E-state index contributed by atoms with van der Waals surface area (Å²) in [6, 6.07) is 3.31. The second kappa shape index (κ2) is 8.18. The third kappa shape index (κ3) is 4.11. The van der Waals surface area contributed by atoms with Crippen LogP contribution in [0.3, 0.4) is 0 Å². The molecule has 1 aromatic heterocycles. The lowest BCUT2D eigenvalue weighted by molar-refractivity contribution is -0.123. The fourth-order valence-corrected chi connectivity index (χ4v) is 3.48. The van der Waals surface area contributed by atoms with Crippen molar-refractivity contribution in [1.82, 2.24) is 14.9 Å². The Labute approximate surface area is 164 Å². The summed E-state index contributed by atoms with van der Waals surface area (Å²) in [5.74, 6) is 1.44. The SMILES string of the molecule is COc1cc2ncn(CCCC(=O)NC(C)(CN)C3CC3)c(=O)c2cc1OC. The molecule has 1 aliphatic rings. The first-order valence-corrected chi connectivity index (χ1v) is 9.54. The normalized spacial score (nSPS) is 15.9. The number of aromatic nitrogens is 2. The number of nitrogens with two attached hydrogens (primary N) is 1. The molecule has 0 saturated heterocycles. The van der Waals surface area contributed by atoms with Crippen LogP contribution in [0.5, 0.6) is 11.5 Å². The number of hydrogen-bond donors (Lipinski definition) is 2. The number of nitrogens with zero attached hydrogens (tertiary/aromatic N) is 2. The molecule has 8 nitrogen and oxygen atoms in total. The minimum Gasteiger partial charge on any atom is -0.493 e. The second-order valence-corrected chi connectivity index (χ2v) is 7.52. The van der Waals surface area contributed by atoms with Gasteiger partial charge in [0.15, 0.2) is 11.5 Å². The number of amides is 1. The molecule has 1 unspecified atom stereocenters. The minimum atomic E-state index is -0.325. The van der Waals surface area contributed by atoms with Gasteiger partial charge in [-0.2, -0.15) is 0 Å². The zero-order valence-corrected chi connectivity index (χ0v) is 16.7. The number of rotatable bonds is 9. The summed E-state index contributed by atoms with van der Waals surface area (Å²) in [5.41, 5.74) is 5.89. The quantitative estimate of drug-likeness (QED) is 0.673. The van der Waals surface area contributed by atoms with Crippen molar-refractivity contribution in [2.45, 2.75) is 44.7 Å². The molecule has 1 saturated carbocycles. The number of aryl methyl sites for hydroxylation is 1. The highest BCUT2D eigenvalue weighted by molar-refractivity contribution is 5.81. The first-order chi connectivity index (χ1) is 13.4. The number of fused-ring (bicyclic) bond motifs is 1. The molecule has 2 aromatic rings. The van der Waals surface area contributed by atoms with E-state index in [2.05, 4.69) is 10.3 Å². The van der Waals surface area contributed by atoms with Crippen LogP contribution in [0.1, 0.15) is 32.6 Å². The van der Waals surface area contributed by atoms with Crippen LogP contribution in [0.2, 0.25) is 0 Å². The van der Waals surface area contributed by atoms with Crippen LogP contribution in [0.25, 0.3) is 10.9 Å². The first kappa shape index (κ1) is 20.1. The Balaban J connectivity index is 1.66. The molecule has 1 amide bonds. The molecule has 152 valence electrons. The summed E-state index contributed by atoms with van der Waals surface area (Å²) >= 11 is 0. The second-order valence-electron chi connectivity index (χ2n) is 7.52. The van der Waals surface area contributed by atoms with E-state index in [9.17, 15) is 9.59 Å². The molecule has 0 radical (unpaired) electrons. The lowest BCUT2D eigenvalue weighted by Crippen LogP contribution is -2.53. The summed E-state index contributed by atoms with van der Waals surface area (Å²) in [7, 11) is 3.06. The van der Waals surface area contributed by atoms with E-state index in [1.165, 1.54) is 25.1 Å². The highest BCUT2D eigenvalue weighted by atomic mass is 16.5. The van der Waals surface area contributed by atoms with Crippen LogP contribution in [-0.4, -0.2) is 41.8 Å². The zero-order chi connectivity index (χ0) is 20.3. The van der Waals surface area contributed by atoms with Crippen molar-refractivity contribution in [3.8, 4) is 11.5 Å². The van der Waals surface area contributed by atoms with Gasteiger partial charge in [-0.3, -0.25) is 14.2 Å². The molecule has 0 aliphatic heterocycles. The van der Waals surface area contributed by atoms with Gasteiger partial charge < -0.3 is 20.5 Å². The number of benzene rings is 1. The summed E-state index contributed by atoms with van der Waals surface area (Å²) in [5, 5.41) is 3.52. The van der Waals surface area contributed by atoms with Crippen molar-refractivity contribution >= 4 is 16.8 Å². The van der Waals surface area contributed by atoms with Gasteiger partial charge in [-0.15, -0.1) is 0 Å². The smallest absolute Gasteiger partial charge is 0.261 e. The Hall–Kier alpha value is -2.61. The largest absolute Gasteiger partial charge is 0.493 e. The topological polar surface area (TPSA) is 108 Å². The molecular weight excluding hydrogens is 360 g/mol. The maximum Gasteiger partial charge on any atom is 0.261 e. The number of ether oxygens (including phenoxy) is 2. The Morgan fingerprint density at radius 2 is 2.00 bits per heavy atom. The van der Waals surface area contributed by atoms with Crippen molar-refractivity contribution in [2.24, 2.45) is 11.7 Å². The van der Waals surface area contributed by atoms with E-state index in [1.807, 2.05) is 6.92 Å². The van der Waals surface area contributed by atoms with Crippen molar-refractivity contribution in [3.05, 3.63) is 28.8 Å². The van der Waals surface area contributed by atoms with E-state index in [4.69, 9.17) is 15.2 Å². The van der Waals surface area contributed by atoms with E-state index in [1.54, 1.807) is 12.1 Å². The van der Waals surface area contributed by atoms with Gasteiger partial charge in [0.05, 0.1) is 37.0 Å². The van der Waals surface area contributed by atoms with Crippen molar-refractivity contribution in [2.75, 3.05) is 20.8 Å². The van der Waals surface area contributed by atoms with E-state index in [0.29, 0.717) is 54.3 Å². The van der Waals surface area contributed by atoms with Gasteiger partial charge in [0.2, 0.25) is 5.91 Å². The summed E-state index contributed by atoms with van der Waals surface area (Å²) in [6.07, 6.45) is 4.60. The molecule has 0 bridgehead atoms. The van der Waals surface area contributed by atoms with Crippen LogP contribution in [-0.2, 0) is 11.3 Å². The summed E-state index contributed by atoms with van der Waals surface area (Å²) in [4.78, 5) is 29.4. The first-order valence-electron chi connectivity index (χ1n) is 9.54. The third-order valence-corrected chi connectivity index (χ3v) is 5.46. The van der Waals surface area contributed by atoms with Gasteiger partial charge >= 0.3 is 0 Å². The van der Waals surface area contributed by atoms with Gasteiger partial charge in [0, 0.05) is 25.6 Å². The molecule has 3 N–H and O–H groups in total. The lowest BCUT2D eigenvalue weighted by atomic mass is 9.95. The maximum absolute atomic E-state index is 12.8. The Kier molecular flexibility index (Phi) is 5.88. The highest BCUT2D eigenvalue weighted by Crippen LogP contribution is 2.39. The molecule has 1 aliphatic carbocycles. The molecule has 1 fully saturated rings. The Bertz CT molecular complexity index is 922. The zero-order valence-electron chi connectivity index (χ0n) is 16.7. The van der Waals surface area contributed by atoms with Gasteiger partial charge in [0.1, 0.15) is 0 Å². The number of hydrogen-bond acceptors (Lipinski definition) is 6. The molecule has 1 heterocycles. The number of carbonyl (C=O) groups is 1. The van der Waals surface area contributed by atoms with Crippen LogP contribution < -0.4 is 26.1 Å². The monoisotopic (exact) mass is 388 g/mol. The van der Waals surface area contributed by atoms with Crippen LogP contribution in [0, 0.1) is 5.92 Å². The molecule has 1 aromatic carbocycles. The molecule has 3 rings (SSSR count). The van der Waals surface area contributed by atoms with Crippen LogP contribution in [0.4, 0.5) is 0 Å². The van der Waals surface area contributed by atoms with E-state index in [0.717, 1.165) is 12.8 Å². The third-order valence-electron chi connectivity index (χ3n) is 5.46. The maximum atomic E-state index is 12.8. The summed E-state index contributed by atoms with van der Waals surface area (Å²) in [6.45, 7) is 2.84. The molecule has 8 heteroatoms. The number of methoxy groups -OCH3 is 2.